The van der Waals surface area contributed by atoms with Gasteiger partial charge in [0.1, 0.15) is 11.2 Å². The van der Waals surface area contributed by atoms with Crippen LogP contribution in [0, 0.1) is 22.7 Å². The van der Waals surface area contributed by atoms with Crippen LogP contribution in [0.25, 0.3) is 0 Å². The Labute approximate surface area is 261 Å². The Morgan fingerprint density at radius 3 is 2.59 bits per heavy atom. The number of benzene rings is 1. The molecular formula is C35H51NO8. The summed E-state index contributed by atoms with van der Waals surface area (Å²) in [5, 5.41) is 31.2. The van der Waals surface area contributed by atoms with E-state index in [1.54, 1.807) is 7.11 Å². The van der Waals surface area contributed by atoms with Crippen molar-refractivity contribution in [3.05, 3.63) is 23.3 Å². The molecule has 8 atom stereocenters. The lowest BCUT2D eigenvalue weighted by Crippen LogP contribution is -2.87. The fourth-order valence-corrected chi connectivity index (χ4v) is 10.8. The average molecular weight is 614 g/mol. The third kappa shape index (κ3) is 3.73. The van der Waals surface area contributed by atoms with Crippen LogP contribution in [0.4, 0.5) is 4.79 Å². The van der Waals surface area contributed by atoms with Crippen LogP contribution in [0.1, 0.15) is 90.7 Å². The number of hydrogen-bond donors (Lipinski definition) is 3. The molecule has 9 heteroatoms. The second-order valence-corrected chi connectivity index (χ2v) is 16.1. The molecule has 4 bridgehead atoms. The SMILES string of the molecule is CO[C@]12CC[C@@]3(C[C@@H]1[C@](C)(O)C(C)(C)C)C1Cc4ccc(OC(=O)OCC[C@@H](O)CO)c5c4[C@@]3(CCN1CC1CC1)[C@]2(C)O5. The molecule has 44 heavy (non-hydrogen) atoms. The molecule has 0 radical (unpaired) electrons. The maximum absolute atomic E-state index is 12.8. The molecule has 9 nitrogen and oxygen atoms in total. The minimum absolute atomic E-state index is 0.0681. The summed E-state index contributed by atoms with van der Waals surface area (Å²) < 4.78 is 25.1. The van der Waals surface area contributed by atoms with E-state index in [0.717, 1.165) is 51.1 Å². The molecule has 0 amide bonds. The van der Waals surface area contributed by atoms with Gasteiger partial charge in [-0.3, -0.25) is 4.90 Å². The van der Waals surface area contributed by atoms with Gasteiger partial charge in [0.25, 0.3) is 0 Å². The maximum atomic E-state index is 12.8. The summed E-state index contributed by atoms with van der Waals surface area (Å²) in [5.41, 5.74) is -1.06. The second-order valence-electron chi connectivity index (χ2n) is 16.1. The largest absolute Gasteiger partial charge is 0.513 e. The number of ether oxygens (including phenoxy) is 4. The van der Waals surface area contributed by atoms with Crippen LogP contribution in [0.5, 0.6) is 11.5 Å². The van der Waals surface area contributed by atoms with Crippen LogP contribution in [0.2, 0.25) is 0 Å². The van der Waals surface area contributed by atoms with E-state index in [4.69, 9.17) is 24.1 Å². The van der Waals surface area contributed by atoms with E-state index in [9.17, 15) is 15.0 Å². The number of hydrogen-bond acceptors (Lipinski definition) is 9. The fourth-order valence-electron chi connectivity index (χ4n) is 10.8. The van der Waals surface area contributed by atoms with Crippen LogP contribution >= 0.6 is 0 Å². The molecule has 5 fully saturated rings. The van der Waals surface area contributed by atoms with Crippen molar-refractivity contribution in [2.24, 2.45) is 22.7 Å². The molecule has 5 aliphatic carbocycles. The van der Waals surface area contributed by atoms with Gasteiger partial charge in [0, 0.05) is 43.0 Å². The summed E-state index contributed by atoms with van der Waals surface area (Å²) in [4.78, 5) is 15.6. The number of nitrogens with zero attached hydrogens (tertiary/aromatic N) is 1. The van der Waals surface area contributed by atoms with E-state index in [2.05, 4.69) is 38.7 Å². The predicted molar refractivity (Wildman–Crippen MR) is 163 cm³/mol. The lowest BCUT2D eigenvalue weighted by molar-refractivity contribution is -0.345. The zero-order chi connectivity index (χ0) is 31.5. The lowest BCUT2D eigenvalue weighted by atomic mass is 9.30. The molecule has 0 aromatic heterocycles. The lowest BCUT2D eigenvalue weighted by Gasteiger charge is -2.78. The van der Waals surface area contributed by atoms with Crippen molar-refractivity contribution in [1.82, 2.24) is 4.90 Å². The molecule has 2 heterocycles. The first kappa shape index (κ1) is 30.7. The Hall–Kier alpha value is -1.91. The highest BCUT2D eigenvalue weighted by Crippen LogP contribution is 2.81. The molecule has 8 rings (SSSR count). The number of rotatable bonds is 9. The van der Waals surface area contributed by atoms with E-state index in [1.807, 2.05) is 13.0 Å². The highest BCUT2D eigenvalue weighted by Gasteiger charge is 2.87. The van der Waals surface area contributed by atoms with Gasteiger partial charge in [0.2, 0.25) is 0 Å². The number of aliphatic hydroxyl groups excluding tert-OH is 2. The highest BCUT2D eigenvalue weighted by atomic mass is 16.7. The number of carbonyl (C=O) groups excluding carboxylic acids is 1. The Bertz CT molecular complexity index is 1340. The van der Waals surface area contributed by atoms with Crippen molar-refractivity contribution in [2.45, 2.75) is 120 Å². The molecule has 2 spiro atoms. The molecule has 3 N–H and O–H groups in total. The summed E-state index contributed by atoms with van der Waals surface area (Å²) in [6.45, 7) is 12.2. The quantitative estimate of drug-likeness (QED) is 0.276. The smallest absolute Gasteiger partial charge is 0.479 e. The second kappa shape index (κ2) is 9.80. The normalized spacial score (nSPS) is 38.8. The van der Waals surface area contributed by atoms with E-state index in [-0.39, 0.29) is 29.8 Å². The number of piperidine rings is 1. The van der Waals surface area contributed by atoms with Crippen LogP contribution in [-0.2, 0) is 21.3 Å². The molecule has 244 valence electrons. The maximum Gasteiger partial charge on any atom is 0.513 e. The third-order valence-electron chi connectivity index (χ3n) is 13.6. The number of fused-ring (bicyclic) bond motifs is 2. The monoisotopic (exact) mass is 613 g/mol. The minimum atomic E-state index is -1.03. The van der Waals surface area contributed by atoms with E-state index >= 15 is 0 Å². The minimum Gasteiger partial charge on any atom is -0.479 e. The molecule has 4 saturated carbocycles. The zero-order valence-corrected chi connectivity index (χ0v) is 27.3. The number of aliphatic hydroxyl groups is 3. The summed E-state index contributed by atoms with van der Waals surface area (Å²) >= 11 is 0. The molecule has 1 aromatic rings. The van der Waals surface area contributed by atoms with Gasteiger partial charge in [-0.15, -0.1) is 0 Å². The van der Waals surface area contributed by atoms with Gasteiger partial charge in [-0.1, -0.05) is 26.8 Å². The van der Waals surface area contributed by atoms with Crippen LogP contribution in [0.15, 0.2) is 12.1 Å². The molecule has 1 aromatic carbocycles. The Morgan fingerprint density at radius 2 is 1.93 bits per heavy atom. The first-order chi connectivity index (χ1) is 20.7. The fraction of sp³-hybridized carbons (Fsp3) is 0.800. The summed E-state index contributed by atoms with van der Waals surface area (Å²) in [6.07, 6.45) is 5.40. The van der Waals surface area contributed by atoms with E-state index < -0.39 is 41.1 Å². The van der Waals surface area contributed by atoms with Crippen molar-refractivity contribution in [2.75, 3.05) is 33.4 Å². The standard InChI is InChI=1S/C35H51NO8/c1-30(2,3)31(4,40)25-18-33-12-13-35(25,41-6)32(5)34(33)14-15-36(19-21-7-8-21)26(33)17-22-9-10-24(28(44-32)27(22)34)43-29(39)42-16-11-23(38)20-37/h9-10,21,23,25-26,37-38,40H,7-8,11-20H2,1-6H3/t23-,25-,26?,31+,32+,33-,34+,35-/m1/s1. The van der Waals surface area contributed by atoms with Gasteiger partial charge in [-0.05, 0) is 88.3 Å². The van der Waals surface area contributed by atoms with Crippen molar-refractivity contribution in [3.63, 3.8) is 0 Å². The van der Waals surface area contributed by atoms with Gasteiger partial charge < -0.3 is 34.3 Å². The molecule has 7 aliphatic rings. The third-order valence-corrected chi connectivity index (χ3v) is 13.6. The summed E-state index contributed by atoms with van der Waals surface area (Å²) in [5.74, 6) is 1.55. The van der Waals surface area contributed by atoms with Crippen molar-refractivity contribution < 1.29 is 39.1 Å². The predicted octanol–water partition coefficient (Wildman–Crippen LogP) is 4.36. The van der Waals surface area contributed by atoms with E-state index in [0.29, 0.717) is 17.5 Å². The van der Waals surface area contributed by atoms with Crippen molar-refractivity contribution >= 4 is 6.16 Å². The van der Waals surface area contributed by atoms with Gasteiger partial charge in [0.05, 0.1) is 30.3 Å². The van der Waals surface area contributed by atoms with Gasteiger partial charge in [0.15, 0.2) is 11.5 Å². The molecule has 1 saturated heterocycles. The van der Waals surface area contributed by atoms with Gasteiger partial charge in [-0.2, -0.15) is 0 Å². The van der Waals surface area contributed by atoms with E-state index in [1.165, 1.54) is 24.0 Å². The number of likely N-dealkylation sites (tertiary alicyclic amines) is 1. The zero-order valence-electron chi connectivity index (χ0n) is 27.3. The molecule has 2 aliphatic heterocycles. The van der Waals surface area contributed by atoms with Gasteiger partial charge >= 0.3 is 6.16 Å². The van der Waals surface area contributed by atoms with Crippen LogP contribution in [0.3, 0.4) is 0 Å². The topological polar surface area (TPSA) is 118 Å². The van der Waals surface area contributed by atoms with Gasteiger partial charge in [-0.25, -0.2) is 4.79 Å². The van der Waals surface area contributed by atoms with Crippen molar-refractivity contribution in [1.29, 1.82) is 0 Å². The molecule has 1 unspecified atom stereocenters. The number of methoxy groups -OCH3 is 1. The van der Waals surface area contributed by atoms with Crippen LogP contribution in [-0.4, -0.2) is 88.7 Å². The Balaban J connectivity index is 1.36. The van der Waals surface area contributed by atoms with Crippen molar-refractivity contribution in [3.8, 4) is 11.5 Å². The summed E-state index contributed by atoms with van der Waals surface area (Å²) in [7, 11) is 1.79. The Morgan fingerprint density at radius 1 is 1.18 bits per heavy atom. The average Bonchev–Trinajstić information content (AvgIpc) is 3.74. The van der Waals surface area contributed by atoms with Crippen LogP contribution < -0.4 is 9.47 Å². The first-order valence-electron chi connectivity index (χ1n) is 16.7. The highest BCUT2D eigenvalue weighted by molar-refractivity contribution is 5.70. The molecular weight excluding hydrogens is 562 g/mol. The Kier molecular flexibility index (Phi) is 6.84. The summed E-state index contributed by atoms with van der Waals surface area (Å²) in [6, 6.07) is 4.28. The first-order valence-corrected chi connectivity index (χ1v) is 16.7. The number of carbonyl (C=O) groups is 1.